The predicted molar refractivity (Wildman–Crippen MR) is 100 cm³/mol. The lowest BCUT2D eigenvalue weighted by atomic mass is 9.87. The second-order valence-electron chi connectivity index (χ2n) is 6.89. The van der Waals surface area contributed by atoms with Crippen LogP contribution in [0.15, 0.2) is 48.5 Å². The van der Waals surface area contributed by atoms with Crippen molar-refractivity contribution in [2.75, 3.05) is 7.05 Å². The Morgan fingerprint density at radius 1 is 1.19 bits per heavy atom. The summed E-state index contributed by atoms with van der Waals surface area (Å²) in [7, 11) is 1.81. The normalized spacial score (nSPS) is 16.0. The van der Waals surface area contributed by atoms with Crippen molar-refractivity contribution in [2.24, 2.45) is 0 Å². The SMILES string of the molecule is Cc1nc(C(=O)N(C)[C@@H]2CCCc3ccccc32)nn1-c1ccc(F)cc1. The van der Waals surface area contributed by atoms with Crippen LogP contribution >= 0.6 is 0 Å². The largest absolute Gasteiger partial charge is 0.332 e. The Hall–Kier alpha value is -3.02. The van der Waals surface area contributed by atoms with Gasteiger partial charge in [0.05, 0.1) is 11.7 Å². The lowest BCUT2D eigenvalue weighted by Crippen LogP contribution is -2.34. The molecule has 0 unspecified atom stereocenters. The third kappa shape index (κ3) is 3.23. The first kappa shape index (κ1) is 17.4. The zero-order valence-electron chi connectivity index (χ0n) is 15.4. The van der Waals surface area contributed by atoms with Crippen LogP contribution in [0, 0.1) is 12.7 Å². The minimum Gasteiger partial charge on any atom is -0.332 e. The fraction of sp³-hybridized carbons (Fsp3) is 0.286. The van der Waals surface area contributed by atoms with Crippen molar-refractivity contribution in [3.8, 4) is 5.69 Å². The van der Waals surface area contributed by atoms with Gasteiger partial charge in [0.1, 0.15) is 11.6 Å². The molecular formula is C21H21FN4O. The van der Waals surface area contributed by atoms with Crippen LogP contribution in [0.25, 0.3) is 5.69 Å². The van der Waals surface area contributed by atoms with Crippen molar-refractivity contribution in [2.45, 2.75) is 32.2 Å². The molecule has 1 atom stereocenters. The number of carbonyl (C=O) groups is 1. The van der Waals surface area contributed by atoms with Gasteiger partial charge in [0.25, 0.3) is 5.91 Å². The monoisotopic (exact) mass is 364 g/mol. The number of aryl methyl sites for hydroxylation is 2. The van der Waals surface area contributed by atoms with Gasteiger partial charge in [-0.2, -0.15) is 0 Å². The van der Waals surface area contributed by atoms with Gasteiger partial charge in [-0.1, -0.05) is 24.3 Å². The number of benzene rings is 2. The van der Waals surface area contributed by atoms with E-state index < -0.39 is 0 Å². The van der Waals surface area contributed by atoms with E-state index in [2.05, 4.69) is 22.2 Å². The second kappa shape index (κ2) is 6.95. The summed E-state index contributed by atoms with van der Waals surface area (Å²) >= 11 is 0. The van der Waals surface area contributed by atoms with E-state index in [0.717, 1.165) is 19.3 Å². The highest BCUT2D eigenvalue weighted by molar-refractivity contribution is 5.90. The number of carbonyl (C=O) groups excluding carboxylic acids is 1. The summed E-state index contributed by atoms with van der Waals surface area (Å²) in [6.45, 7) is 1.78. The van der Waals surface area contributed by atoms with Crippen LogP contribution in [0.4, 0.5) is 4.39 Å². The lowest BCUT2D eigenvalue weighted by Gasteiger charge is -2.32. The molecule has 3 aromatic rings. The first-order chi connectivity index (χ1) is 13.0. The van der Waals surface area contributed by atoms with E-state index in [1.165, 1.54) is 23.3 Å². The van der Waals surface area contributed by atoms with Gasteiger partial charge in [-0.25, -0.2) is 14.1 Å². The Morgan fingerprint density at radius 3 is 2.70 bits per heavy atom. The molecule has 0 spiro atoms. The Kier molecular flexibility index (Phi) is 4.48. The molecule has 0 N–H and O–H groups in total. The maximum atomic E-state index is 13.2. The molecule has 1 aliphatic rings. The molecule has 1 heterocycles. The minimum atomic E-state index is -0.316. The van der Waals surface area contributed by atoms with Gasteiger partial charge < -0.3 is 4.90 Å². The minimum absolute atomic E-state index is 0.0283. The van der Waals surface area contributed by atoms with Gasteiger partial charge in [0, 0.05) is 7.05 Å². The summed E-state index contributed by atoms with van der Waals surface area (Å²) in [4.78, 5) is 19.1. The number of aromatic nitrogens is 3. The first-order valence-electron chi connectivity index (χ1n) is 9.09. The zero-order valence-corrected chi connectivity index (χ0v) is 15.4. The Balaban J connectivity index is 1.62. The van der Waals surface area contributed by atoms with Gasteiger partial charge in [-0.15, -0.1) is 5.10 Å². The van der Waals surface area contributed by atoms with Crippen LogP contribution in [0.5, 0.6) is 0 Å². The molecule has 0 aliphatic heterocycles. The summed E-state index contributed by atoms with van der Waals surface area (Å²) in [5, 5.41) is 4.37. The van der Waals surface area contributed by atoms with Crippen molar-refractivity contribution >= 4 is 5.91 Å². The van der Waals surface area contributed by atoms with Gasteiger partial charge in [0.15, 0.2) is 0 Å². The first-order valence-corrected chi connectivity index (χ1v) is 9.09. The van der Waals surface area contributed by atoms with Crippen LogP contribution < -0.4 is 0 Å². The van der Waals surface area contributed by atoms with Crippen molar-refractivity contribution in [3.63, 3.8) is 0 Å². The van der Waals surface area contributed by atoms with E-state index in [4.69, 9.17) is 0 Å². The van der Waals surface area contributed by atoms with Crippen LogP contribution in [-0.4, -0.2) is 32.6 Å². The van der Waals surface area contributed by atoms with Crippen LogP contribution in [0.1, 0.15) is 46.5 Å². The molecule has 27 heavy (non-hydrogen) atoms. The van der Waals surface area contributed by atoms with E-state index >= 15 is 0 Å². The topological polar surface area (TPSA) is 51.0 Å². The van der Waals surface area contributed by atoms with Crippen LogP contribution in [0.2, 0.25) is 0 Å². The molecule has 6 heteroatoms. The molecule has 0 saturated heterocycles. The smallest absolute Gasteiger partial charge is 0.293 e. The van der Waals surface area contributed by atoms with Crippen molar-refractivity contribution < 1.29 is 9.18 Å². The summed E-state index contributed by atoms with van der Waals surface area (Å²) in [5.74, 6) is 0.217. The molecule has 5 nitrogen and oxygen atoms in total. The van der Waals surface area contributed by atoms with Crippen molar-refractivity contribution in [1.29, 1.82) is 0 Å². The summed E-state index contributed by atoms with van der Waals surface area (Å²) < 4.78 is 14.7. The number of amides is 1. The van der Waals surface area contributed by atoms with E-state index in [1.54, 1.807) is 28.6 Å². The highest BCUT2D eigenvalue weighted by Crippen LogP contribution is 2.33. The van der Waals surface area contributed by atoms with Crippen molar-refractivity contribution in [1.82, 2.24) is 19.7 Å². The predicted octanol–water partition coefficient (Wildman–Crippen LogP) is 3.86. The van der Waals surface area contributed by atoms with E-state index in [9.17, 15) is 9.18 Å². The molecule has 1 amide bonds. The van der Waals surface area contributed by atoms with Gasteiger partial charge in [-0.05, 0) is 61.6 Å². The zero-order chi connectivity index (χ0) is 19.0. The number of fused-ring (bicyclic) bond motifs is 1. The third-order valence-electron chi connectivity index (χ3n) is 5.16. The Bertz CT molecular complexity index is 980. The molecule has 0 radical (unpaired) electrons. The lowest BCUT2D eigenvalue weighted by molar-refractivity contribution is 0.0702. The molecule has 0 fully saturated rings. The molecular weight excluding hydrogens is 343 g/mol. The average Bonchev–Trinajstić information content (AvgIpc) is 3.08. The molecule has 1 aromatic heterocycles. The number of hydrogen-bond donors (Lipinski definition) is 0. The Labute approximate surface area is 157 Å². The van der Waals surface area contributed by atoms with E-state index in [0.29, 0.717) is 11.5 Å². The molecule has 4 rings (SSSR count). The average molecular weight is 364 g/mol. The van der Waals surface area contributed by atoms with Crippen molar-refractivity contribution in [3.05, 3.63) is 77.1 Å². The van der Waals surface area contributed by atoms with E-state index in [1.807, 2.05) is 19.2 Å². The van der Waals surface area contributed by atoms with Crippen LogP contribution in [-0.2, 0) is 6.42 Å². The maximum Gasteiger partial charge on any atom is 0.293 e. The number of rotatable bonds is 3. The summed E-state index contributed by atoms with van der Waals surface area (Å²) in [5.41, 5.74) is 3.18. The Morgan fingerprint density at radius 2 is 1.93 bits per heavy atom. The highest BCUT2D eigenvalue weighted by Gasteiger charge is 2.29. The molecule has 1 aliphatic carbocycles. The molecule has 2 aromatic carbocycles. The highest BCUT2D eigenvalue weighted by atomic mass is 19.1. The summed E-state index contributed by atoms with van der Waals surface area (Å²) in [6, 6.07) is 14.3. The quantitative estimate of drug-likeness (QED) is 0.709. The third-order valence-corrected chi connectivity index (χ3v) is 5.16. The molecule has 0 bridgehead atoms. The van der Waals surface area contributed by atoms with Gasteiger partial charge in [-0.3, -0.25) is 4.79 Å². The number of hydrogen-bond acceptors (Lipinski definition) is 3. The number of nitrogens with zero attached hydrogens (tertiary/aromatic N) is 4. The molecule has 138 valence electrons. The standard InChI is InChI=1S/C21H21FN4O/c1-14-23-20(24-26(14)17-12-10-16(22)11-13-17)21(27)25(2)19-9-5-7-15-6-3-4-8-18(15)19/h3-4,6,8,10-13,19H,5,7,9H2,1-2H3/t19-/m1/s1. The van der Waals surface area contributed by atoms with Crippen LogP contribution in [0.3, 0.4) is 0 Å². The molecule has 0 saturated carbocycles. The van der Waals surface area contributed by atoms with Gasteiger partial charge in [0.2, 0.25) is 5.82 Å². The fourth-order valence-electron chi connectivity index (χ4n) is 3.74. The fourth-order valence-corrected chi connectivity index (χ4v) is 3.74. The summed E-state index contributed by atoms with van der Waals surface area (Å²) in [6.07, 6.45) is 3.03. The maximum absolute atomic E-state index is 13.2. The van der Waals surface area contributed by atoms with Gasteiger partial charge >= 0.3 is 0 Å². The number of halogens is 1. The second-order valence-corrected chi connectivity index (χ2v) is 6.89. The van der Waals surface area contributed by atoms with E-state index in [-0.39, 0.29) is 23.6 Å².